The Bertz CT molecular complexity index is 673. The predicted octanol–water partition coefficient (Wildman–Crippen LogP) is 0.280. The molecule has 1 aliphatic rings. The number of ether oxygens (including phenoxy) is 1. The van der Waals surface area contributed by atoms with Crippen LogP contribution in [0.3, 0.4) is 0 Å². The number of hydrogen-bond donors (Lipinski definition) is 2. The van der Waals surface area contributed by atoms with Gasteiger partial charge in [-0.25, -0.2) is 9.97 Å². The van der Waals surface area contributed by atoms with Crippen LogP contribution in [0.4, 0.5) is 11.8 Å². The van der Waals surface area contributed by atoms with Crippen LogP contribution >= 0.6 is 0 Å². The van der Waals surface area contributed by atoms with E-state index in [1.807, 2.05) is 13.0 Å². The summed E-state index contributed by atoms with van der Waals surface area (Å²) < 4.78 is 5.61. The predicted molar refractivity (Wildman–Crippen MR) is 91.0 cm³/mol. The van der Waals surface area contributed by atoms with E-state index in [9.17, 15) is 0 Å². The molecule has 0 aliphatic carbocycles. The van der Waals surface area contributed by atoms with Gasteiger partial charge in [0.15, 0.2) is 5.82 Å². The summed E-state index contributed by atoms with van der Waals surface area (Å²) in [6, 6.07) is 2.27. The van der Waals surface area contributed by atoms with Crippen LogP contribution in [-0.4, -0.2) is 76.5 Å². The van der Waals surface area contributed by atoms with Crippen LogP contribution < -0.4 is 10.2 Å². The summed E-state index contributed by atoms with van der Waals surface area (Å²) >= 11 is 0. The Morgan fingerprint density at radius 3 is 2.83 bits per heavy atom. The SMILES string of the molecule is CO[C@@H]1CN(c2ccnc(NCc3n[nH]c(C)n3)n2)C[C@@H]1N(C)C. The Hall–Kier alpha value is -2.26. The number of aromatic amines is 1. The normalized spacial score (nSPS) is 20.8. The molecule has 2 aromatic heterocycles. The minimum Gasteiger partial charge on any atom is -0.378 e. The number of aromatic nitrogens is 5. The Balaban J connectivity index is 1.67. The van der Waals surface area contributed by atoms with Crippen LogP contribution in [0.5, 0.6) is 0 Å². The molecule has 0 spiro atoms. The highest BCUT2D eigenvalue weighted by molar-refractivity contribution is 5.44. The first kappa shape index (κ1) is 16.6. The van der Waals surface area contributed by atoms with Crippen molar-refractivity contribution in [2.24, 2.45) is 0 Å². The largest absolute Gasteiger partial charge is 0.378 e. The van der Waals surface area contributed by atoms with Gasteiger partial charge in [-0.05, 0) is 27.1 Å². The molecule has 3 heterocycles. The summed E-state index contributed by atoms with van der Waals surface area (Å²) in [6.45, 7) is 4.04. The van der Waals surface area contributed by atoms with Crippen LogP contribution in [0.15, 0.2) is 12.3 Å². The van der Waals surface area contributed by atoms with Gasteiger partial charge in [0.1, 0.15) is 11.6 Å². The molecule has 2 aromatic rings. The van der Waals surface area contributed by atoms with Gasteiger partial charge in [0.2, 0.25) is 5.95 Å². The third-order valence-electron chi connectivity index (χ3n) is 4.22. The number of likely N-dealkylation sites (N-methyl/N-ethyl adjacent to an activating group) is 1. The Morgan fingerprint density at radius 2 is 2.21 bits per heavy atom. The van der Waals surface area contributed by atoms with E-state index in [1.54, 1.807) is 13.3 Å². The first-order valence-corrected chi connectivity index (χ1v) is 7.96. The van der Waals surface area contributed by atoms with Gasteiger partial charge in [0.25, 0.3) is 0 Å². The second-order valence-electron chi connectivity index (χ2n) is 6.14. The minimum absolute atomic E-state index is 0.169. The maximum atomic E-state index is 5.61. The lowest BCUT2D eigenvalue weighted by Gasteiger charge is -2.23. The van der Waals surface area contributed by atoms with Gasteiger partial charge in [-0.1, -0.05) is 0 Å². The molecule has 3 rings (SSSR count). The zero-order valence-electron chi connectivity index (χ0n) is 14.5. The average molecular weight is 332 g/mol. The van der Waals surface area contributed by atoms with Crippen molar-refractivity contribution in [3.8, 4) is 0 Å². The number of methoxy groups -OCH3 is 1. The lowest BCUT2D eigenvalue weighted by molar-refractivity contribution is 0.0639. The van der Waals surface area contributed by atoms with Crippen molar-refractivity contribution in [3.05, 3.63) is 23.9 Å². The fourth-order valence-corrected chi connectivity index (χ4v) is 2.91. The van der Waals surface area contributed by atoms with Gasteiger partial charge in [0, 0.05) is 26.4 Å². The average Bonchev–Trinajstić information content (AvgIpc) is 3.19. The van der Waals surface area contributed by atoms with Gasteiger partial charge in [-0.2, -0.15) is 10.1 Å². The second kappa shape index (κ2) is 7.10. The standard InChI is InChI=1S/C15H24N8O/c1-10-18-13(21-20-10)7-17-15-16-6-5-14(19-15)23-8-11(22(2)3)12(9-23)24-4/h5-6,11-12H,7-9H2,1-4H3,(H,16,17,19)(H,18,20,21)/t11-,12+/m0/s1. The molecule has 9 nitrogen and oxygen atoms in total. The molecule has 0 unspecified atom stereocenters. The van der Waals surface area contributed by atoms with Crippen LogP contribution in [0.1, 0.15) is 11.6 Å². The van der Waals surface area contributed by atoms with Crippen molar-refractivity contribution in [1.82, 2.24) is 30.0 Å². The maximum absolute atomic E-state index is 5.61. The third-order valence-corrected chi connectivity index (χ3v) is 4.22. The summed E-state index contributed by atoms with van der Waals surface area (Å²) in [5.74, 6) is 2.94. The van der Waals surface area contributed by atoms with Crippen LogP contribution in [0.25, 0.3) is 0 Å². The van der Waals surface area contributed by atoms with Crippen LogP contribution in [-0.2, 0) is 11.3 Å². The fourth-order valence-electron chi connectivity index (χ4n) is 2.91. The van der Waals surface area contributed by atoms with E-state index in [2.05, 4.69) is 54.4 Å². The van der Waals surface area contributed by atoms with Crippen molar-refractivity contribution in [2.45, 2.75) is 25.6 Å². The van der Waals surface area contributed by atoms with Crippen LogP contribution in [0.2, 0.25) is 0 Å². The second-order valence-corrected chi connectivity index (χ2v) is 6.14. The molecule has 0 radical (unpaired) electrons. The van der Waals surface area contributed by atoms with Gasteiger partial charge < -0.3 is 19.9 Å². The maximum Gasteiger partial charge on any atom is 0.224 e. The monoisotopic (exact) mass is 332 g/mol. The molecule has 24 heavy (non-hydrogen) atoms. The zero-order chi connectivity index (χ0) is 17.1. The van der Waals surface area contributed by atoms with E-state index in [0.717, 1.165) is 24.7 Å². The number of nitrogens with zero attached hydrogens (tertiary/aromatic N) is 6. The number of anilines is 2. The number of rotatable bonds is 6. The molecular weight excluding hydrogens is 308 g/mol. The van der Waals surface area contributed by atoms with E-state index in [4.69, 9.17) is 4.74 Å². The molecule has 1 aliphatic heterocycles. The first-order chi connectivity index (χ1) is 11.6. The van der Waals surface area contributed by atoms with Crippen molar-refractivity contribution in [1.29, 1.82) is 0 Å². The van der Waals surface area contributed by atoms with Crippen molar-refractivity contribution in [2.75, 3.05) is 44.5 Å². The van der Waals surface area contributed by atoms with E-state index < -0.39 is 0 Å². The molecule has 130 valence electrons. The van der Waals surface area contributed by atoms with Gasteiger partial charge in [-0.15, -0.1) is 0 Å². The Labute approximate surface area is 141 Å². The van der Waals surface area contributed by atoms with Gasteiger partial charge >= 0.3 is 0 Å². The van der Waals surface area contributed by atoms with Gasteiger partial charge in [-0.3, -0.25) is 5.10 Å². The lowest BCUT2D eigenvalue weighted by atomic mass is 10.2. The Kier molecular flexibility index (Phi) is 4.91. The molecule has 1 saturated heterocycles. The minimum atomic E-state index is 0.169. The van der Waals surface area contributed by atoms with E-state index in [1.165, 1.54) is 0 Å². The smallest absolute Gasteiger partial charge is 0.224 e. The highest BCUT2D eigenvalue weighted by Gasteiger charge is 2.34. The fraction of sp³-hybridized carbons (Fsp3) is 0.600. The number of nitrogens with one attached hydrogen (secondary N) is 2. The van der Waals surface area contributed by atoms with Crippen molar-refractivity contribution in [3.63, 3.8) is 0 Å². The van der Waals surface area contributed by atoms with Gasteiger partial charge in [0.05, 0.1) is 18.7 Å². The number of aryl methyl sites for hydroxylation is 1. The summed E-state index contributed by atoms with van der Waals surface area (Å²) in [4.78, 5) is 17.6. The molecule has 0 saturated carbocycles. The zero-order valence-corrected chi connectivity index (χ0v) is 14.5. The molecular formula is C15H24N8O. The van der Waals surface area contributed by atoms with Crippen molar-refractivity contribution < 1.29 is 4.74 Å². The molecule has 1 fully saturated rings. The molecule has 9 heteroatoms. The van der Waals surface area contributed by atoms with E-state index >= 15 is 0 Å². The number of hydrogen-bond acceptors (Lipinski definition) is 8. The molecule has 0 amide bonds. The summed E-state index contributed by atoms with van der Waals surface area (Å²) in [6.07, 6.45) is 1.93. The van der Waals surface area contributed by atoms with E-state index in [0.29, 0.717) is 24.4 Å². The highest BCUT2D eigenvalue weighted by atomic mass is 16.5. The third kappa shape index (κ3) is 3.62. The topological polar surface area (TPSA) is 95.1 Å². The molecule has 2 N–H and O–H groups in total. The van der Waals surface area contributed by atoms with E-state index in [-0.39, 0.29) is 6.10 Å². The highest BCUT2D eigenvalue weighted by Crippen LogP contribution is 2.22. The lowest BCUT2D eigenvalue weighted by Crippen LogP contribution is -2.39. The molecule has 0 bridgehead atoms. The van der Waals surface area contributed by atoms with Crippen LogP contribution in [0, 0.1) is 6.92 Å². The molecule has 2 atom stereocenters. The number of H-pyrrole nitrogens is 1. The summed E-state index contributed by atoms with van der Waals surface area (Å²) in [5, 5.41) is 10.1. The Morgan fingerprint density at radius 1 is 1.38 bits per heavy atom. The summed E-state index contributed by atoms with van der Waals surface area (Å²) in [7, 11) is 5.91. The summed E-state index contributed by atoms with van der Waals surface area (Å²) in [5.41, 5.74) is 0. The van der Waals surface area contributed by atoms with Crippen molar-refractivity contribution >= 4 is 11.8 Å². The quantitative estimate of drug-likeness (QED) is 0.779. The molecule has 0 aromatic carbocycles. The first-order valence-electron chi connectivity index (χ1n) is 7.96.